The zero-order valence-corrected chi connectivity index (χ0v) is 16.1. The van der Waals surface area contributed by atoms with E-state index in [1.54, 1.807) is 4.90 Å². The summed E-state index contributed by atoms with van der Waals surface area (Å²) in [5.41, 5.74) is 5.73. The van der Waals surface area contributed by atoms with Crippen LogP contribution in [0.4, 0.5) is 5.00 Å². The molecular formula is C16H23ClN4O4S. The van der Waals surface area contributed by atoms with Gasteiger partial charge in [-0.2, -0.15) is 0 Å². The Bertz CT molecular complexity index is 698. The van der Waals surface area contributed by atoms with E-state index >= 15 is 0 Å². The van der Waals surface area contributed by atoms with Crippen molar-refractivity contribution in [3.8, 4) is 0 Å². The normalized spacial score (nSPS) is 25.2. The molecule has 2 aliphatic heterocycles. The second-order valence-corrected chi connectivity index (χ2v) is 7.79. The minimum atomic E-state index is -0.507. The average Bonchev–Trinajstić information content (AvgIpc) is 3.32. The van der Waals surface area contributed by atoms with Crippen LogP contribution in [-0.2, 0) is 4.79 Å². The lowest BCUT2D eigenvalue weighted by Crippen LogP contribution is -2.48. The first-order valence-corrected chi connectivity index (χ1v) is 9.29. The van der Waals surface area contributed by atoms with E-state index in [0.29, 0.717) is 36.9 Å². The van der Waals surface area contributed by atoms with E-state index in [9.17, 15) is 19.7 Å². The molecule has 2 saturated heterocycles. The van der Waals surface area contributed by atoms with Crippen molar-refractivity contribution in [3.05, 3.63) is 27.1 Å². The van der Waals surface area contributed by atoms with Gasteiger partial charge in [0.25, 0.3) is 5.91 Å². The number of carbonyl (C=O) groups excluding carboxylic acids is 2. The highest BCUT2D eigenvalue weighted by Gasteiger charge is 2.41. The number of likely N-dealkylation sites (tertiary alicyclic amines) is 2. The third kappa shape index (κ3) is 3.84. The summed E-state index contributed by atoms with van der Waals surface area (Å²) < 4.78 is 0. The topological polar surface area (TPSA) is 110 Å². The summed E-state index contributed by atoms with van der Waals surface area (Å²) in [4.78, 5) is 39.7. The minimum absolute atomic E-state index is 0. The van der Waals surface area contributed by atoms with Gasteiger partial charge in [-0.05, 0) is 44.7 Å². The molecule has 1 aromatic heterocycles. The van der Waals surface area contributed by atoms with Crippen molar-refractivity contribution in [3.63, 3.8) is 0 Å². The fourth-order valence-electron chi connectivity index (χ4n) is 3.76. The van der Waals surface area contributed by atoms with Crippen LogP contribution in [0.3, 0.4) is 0 Å². The Labute approximate surface area is 161 Å². The molecule has 0 aliphatic carbocycles. The Balaban J connectivity index is 0.00000243. The van der Waals surface area contributed by atoms with Crippen molar-refractivity contribution < 1.29 is 14.5 Å². The van der Waals surface area contributed by atoms with Gasteiger partial charge in [0, 0.05) is 25.2 Å². The van der Waals surface area contributed by atoms with Gasteiger partial charge in [-0.25, -0.2) is 0 Å². The molecule has 8 nitrogen and oxygen atoms in total. The summed E-state index contributed by atoms with van der Waals surface area (Å²) in [6.07, 6.45) is 2.28. The Morgan fingerprint density at radius 1 is 1.38 bits per heavy atom. The Morgan fingerprint density at radius 3 is 2.69 bits per heavy atom. The largest absolute Gasteiger partial charge is 0.338 e. The number of hydrogen-bond acceptors (Lipinski definition) is 6. The van der Waals surface area contributed by atoms with Crippen molar-refractivity contribution >= 4 is 40.6 Å². The van der Waals surface area contributed by atoms with Gasteiger partial charge in [0.15, 0.2) is 0 Å². The van der Waals surface area contributed by atoms with Crippen LogP contribution in [0.2, 0.25) is 0 Å². The van der Waals surface area contributed by atoms with Gasteiger partial charge in [0.2, 0.25) is 5.91 Å². The first-order valence-electron chi connectivity index (χ1n) is 8.48. The second kappa shape index (κ2) is 8.32. The second-order valence-electron chi connectivity index (χ2n) is 6.73. The number of nitrogens with zero attached hydrogens (tertiary/aromatic N) is 3. The van der Waals surface area contributed by atoms with Gasteiger partial charge in [-0.1, -0.05) is 11.3 Å². The molecule has 2 N–H and O–H groups in total. The maximum atomic E-state index is 13.0. The molecule has 2 amide bonds. The van der Waals surface area contributed by atoms with E-state index in [1.165, 1.54) is 12.1 Å². The van der Waals surface area contributed by atoms with E-state index in [-0.39, 0.29) is 35.3 Å². The molecule has 0 spiro atoms. The fraction of sp³-hybridized carbons (Fsp3) is 0.625. The van der Waals surface area contributed by atoms with Gasteiger partial charge in [-0.3, -0.25) is 19.7 Å². The van der Waals surface area contributed by atoms with Gasteiger partial charge in [-0.15, -0.1) is 12.4 Å². The summed E-state index contributed by atoms with van der Waals surface area (Å²) in [6, 6.07) is 2.45. The fourth-order valence-corrected chi connectivity index (χ4v) is 4.54. The van der Waals surface area contributed by atoms with Gasteiger partial charge >= 0.3 is 5.00 Å². The first-order chi connectivity index (χ1) is 11.9. The monoisotopic (exact) mass is 402 g/mol. The van der Waals surface area contributed by atoms with E-state index < -0.39 is 11.0 Å². The van der Waals surface area contributed by atoms with Gasteiger partial charge in [0.05, 0.1) is 9.80 Å². The number of halogens is 1. The average molecular weight is 403 g/mol. The molecule has 3 atom stereocenters. The molecule has 0 saturated carbocycles. The zero-order valence-electron chi connectivity index (χ0n) is 14.5. The molecule has 0 aromatic carbocycles. The quantitative estimate of drug-likeness (QED) is 0.610. The molecule has 26 heavy (non-hydrogen) atoms. The SMILES string of the molecule is CC1CC(CN)CN1C(=O)C1CCCN1C(=O)c1ccc([N+](=O)[O-])s1.Cl. The summed E-state index contributed by atoms with van der Waals surface area (Å²) in [7, 11) is 0. The Morgan fingerprint density at radius 2 is 2.12 bits per heavy atom. The Hall–Kier alpha value is -1.71. The third-order valence-electron chi connectivity index (χ3n) is 5.06. The molecule has 3 rings (SSSR count). The van der Waals surface area contributed by atoms with Crippen LogP contribution in [0.5, 0.6) is 0 Å². The molecule has 0 radical (unpaired) electrons. The highest BCUT2D eigenvalue weighted by Crippen LogP contribution is 2.30. The smallest absolute Gasteiger partial charge is 0.324 e. The van der Waals surface area contributed by atoms with E-state index in [2.05, 4.69) is 0 Å². The third-order valence-corrected chi connectivity index (χ3v) is 6.08. The van der Waals surface area contributed by atoms with Crippen LogP contribution in [0, 0.1) is 16.0 Å². The van der Waals surface area contributed by atoms with Gasteiger partial charge in [0.1, 0.15) is 6.04 Å². The summed E-state index contributed by atoms with van der Waals surface area (Å²) in [5.74, 6) is -0.0130. The van der Waals surface area contributed by atoms with E-state index in [0.717, 1.165) is 24.2 Å². The predicted molar refractivity (Wildman–Crippen MR) is 101 cm³/mol. The molecular weight excluding hydrogens is 380 g/mol. The van der Waals surface area contributed by atoms with Crippen LogP contribution >= 0.6 is 23.7 Å². The highest BCUT2D eigenvalue weighted by atomic mass is 35.5. The van der Waals surface area contributed by atoms with Crippen LogP contribution < -0.4 is 5.73 Å². The number of hydrogen-bond donors (Lipinski definition) is 1. The summed E-state index contributed by atoms with van der Waals surface area (Å²) >= 11 is 0.855. The van der Waals surface area contributed by atoms with Crippen LogP contribution in [0.1, 0.15) is 35.9 Å². The standard InChI is InChI=1S/C16H22N4O4S.ClH/c1-10-7-11(8-17)9-19(10)15(21)12-3-2-6-18(12)16(22)13-4-5-14(25-13)20(23)24;/h4-5,10-12H,2-3,6-9,17H2,1H3;1H. The molecule has 10 heteroatoms. The first kappa shape index (κ1) is 20.6. The zero-order chi connectivity index (χ0) is 18.1. The summed E-state index contributed by atoms with van der Waals surface area (Å²) in [6.45, 7) is 3.71. The number of carbonyl (C=O) groups is 2. The molecule has 1 aromatic rings. The number of rotatable bonds is 4. The van der Waals surface area contributed by atoms with Crippen molar-refractivity contribution in [2.24, 2.45) is 11.7 Å². The van der Waals surface area contributed by atoms with Crippen LogP contribution in [0.15, 0.2) is 12.1 Å². The van der Waals surface area contributed by atoms with Crippen molar-refractivity contribution in [1.82, 2.24) is 9.80 Å². The van der Waals surface area contributed by atoms with E-state index in [4.69, 9.17) is 5.73 Å². The van der Waals surface area contributed by atoms with Crippen molar-refractivity contribution in [1.29, 1.82) is 0 Å². The lowest BCUT2D eigenvalue weighted by molar-refractivity contribution is -0.380. The molecule has 3 unspecified atom stereocenters. The minimum Gasteiger partial charge on any atom is -0.338 e. The maximum absolute atomic E-state index is 13.0. The number of thiophene rings is 1. The highest BCUT2D eigenvalue weighted by molar-refractivity contribution is 7.17. The predicted octanol–water partition coefficient (Wildman–Crippen LogP) is 1.88. The van der Waals surface area contributed by atoms with Gasteiger partial charge < -0.3 is 15.5 Å². The van der Waals surface area contributed by atoms with Crippen molar-refractivity contribution in [2.75, 3.05) is 19.6 Å². The van der Waals surface area contributed by atoms with Crippen LogP contribution in [0.25, 0.3) is 0 Å². The molecule has 0 bridgehead atoms. The number of amides is 2. The number of nitro groups is 1. The summed E-state index contributed by atoms with van der Waals surface area (Å²) in [5, 5.41) is 10.8. The number of nitrogens with two attached hydrogens (primary N) is 1. The maximum Gasteiger partial charge on any atom is 0.324 e. The van der Waals surface area contributed by atoms with Crippen molar-refractivity contribution in [2.45, 2.75) is 38.3 Å². The molecule has 144 valence electrons. The molecule has 3 heterocycles. The lowest BCUT2D eigenvalue weighted by Gasteiger charge is -2.30. The van der Waals surface area contributed by atoms with Crippen LogP contribution in [-0.4, -0.2) is 58.3 Å². The lowest BCUT2D eigenvalue weighted by atomic mass is 10.1. The molecule has 2 aliphatic rings. The molecule has 2 fully saturated rings. The Kier molecular flexibility index (Phi) is 6.59. The van der Waals surface area contributed by atoms with E-state index in [1.807, 2.05) is 11.8 Å².